The van der Waals surface area contributed by atoms with Crippen molar-refractivity contribution in [2.45, 2.75) is 76.9 Å². The van der Waals surface area contributed by atoms with Crippen molar-refractivity contribution in [1.82, 2.24) is 9.80 Å². The first-order chi connectivity index (χ1) is 14.3. The number of carbonyl (C=O) groups excluding carboxylic acids is 2. The van der Waals surface area contributed by atoms with Gasteiger partial charge < -0.3 is 15.5 Å². The van der Waals surface area contributed by atoms with Crippen molar-refractivity contribution >= 4 is 35.0 Å². The summed E-state index contributed by atoms with van der Waals surface area (Å²) in [5, 5.41) is 0.950. The molecule has 0 radical (unpaired) electrons. The minimum atomic E-state index is -0.634. The van der Waals surface area contributed by atoms with Crippen molar-refractivity contribution in [1.29, 1.82) is 0 Å². The van der Waals surface area contributed by atoms with Crippen LogP contribution in [-0.4, -0.2) is 52.8 Å². The van der Waals surface area contributed by atoms with Crippen molar-refractivity contribution < 1.29 is 9.59 Å². The Bertz CT molecular complexity index is 765. The van der Waals surface area contributed by atoms with Crippen LogP contribution in [0.25, 0.3) is 0 Å². The minimum Gasteiger partial charge on any atom is -0.339 e. The third-order valence-corrected chi connectivity index (χ3v) is 7.08. The van der Waals surface area contributed by atoms with Gasteiger partial charge in [0.1, 0.15) is 0 Å². The van der Waals surface area contributed by atoms with Gasteiger partial charge in [-0.2, -0.15) is 0 Å². The van der Waals surface area contributed by atoms with Gasteiger partial charge in [0.2, 0.25) is 11.8 Å². The molecular weight excluding hydrogens is 421 g/mol. The Labute approximate surface area is 189 Å². The van der Waals surface area contributed by atoms with E-state index in [1.54, 1.807) is 12.1 Å². The van der Waals surface area contributed by atoms with Gasteiger partial charge in [-0.05, 0) is 43.4 Å². The third kappa shape index (κ3) is 5.49. The summed E-state index contributed by atoms with van der Waals surface area (Å²) < 4.78 is 0. The lowest BCUT2D eigenvalue weighted by Gasteiger charge is -2.39. The molecule has 2 unspecified atom stereocenters. The molecule has 2 amide bonds. The molecule has 3 rings (SSSR count). The average molecular weight is 454 g/mol. The van der Waals surface area contributed by atoms with Crippen molar-refractivity contribution in [2.75, 3.05) is 13.1 Å². The first kappa shape index (κ1) is 23.4. The van der Waals surface area contributed by atoms with Crippen molar-refractivity contribution in [3.05, 3.63) is 33.8 Å². The Balaban J connectivity index is 1.64. The van der Waals surface area contributed by atoms with Gasteiger partial charge in [0.25, 0.3) is 0 Å². The standard InChI is InChI=1S/C23H33Cl2N3O2/c1-15(2)22(29)28(17-6-4-3-5-7-17)18-10-11-27(14-18)23(30)21(26)13-16-8-9-19(24)20(25)12-16/h8-9,12,15,17-18,21H,3-7,10-11,13-14,26H2,1-2H3. The van der Waals surface area contributed by atoms with Crippen LogP contribution < -0.4 is 5.73 Å². The molecule has 2 aliphatic rings. The normalized spacial score (nSPS) is 21.1. The van der Waals surface area contributed by atoms with Gasteiger partial charge in [-0.1, -0.05) is 62.4 Å². The molecule has 0 aromatic heterocycles. The summed E-state index contributed by atoms with van der Waals surface area (Å²) in [6, 6.07) is 5.09. The number of likely N-dealkylation sites (tertiary alicyclic amines) is 1. The second-order valence-electron chi connectivity index (χ2n) is 8.98. The Morgan fingerprint density at radius 2 is 1.80 bits per heavy atom. The molecule has 2 fully saturated rings. The molecular formula is C23H33Cl2N3O2. The molecule has 0 bridgehead atoms. The number of benzene rings is 1. The lowest BCUT2D eigenvalue weighted by molar-refractivity contribution is -0.141. The molecule has 0 spiro atoms. The van der Waals surface area contributed by atoms with Crippen LogP contribution in [-0.2, 0) is 16.0 Å². The smallest absolute Gasteiger partial charge is 0.239 e. The molecule has 5 nitrogen and oxygen atoms in total. The Morgan fingerprint density at radius 1 is 1.10 bits per heavy atom. The van der Waals surface area contributed by atoms with Crippen molar-refractivity contribution in [3.63, 3.8) is 0 Å². The molecule has 1 heterocycles. The maximum atomic E-state index is 13.0. The van der Waals surface area contributed by atoms with E-state index in [4.69, 9.17) is 28.9 Å². The van der Waals surface area contributed by atoms with Gasteiger partial charge in [0.15, 0.2) is 0 Å². The van der Waals surface area contributed by atoms with E-state index >= 15 is 0 Å². The van der Waals surface area contributed by atoms with Crippen LogP contribution in [0.1, 0.15) is 57.9 Å². The van der Waals surface area contributed by atoms with Crippen LogP contribution in [0.15, 0.2) is 18.2 Å². The average Bonchev–Trinajstić information content (AvgIpc) is 3.20. The fraction of sp³-hybridized carbons (Fsp3) is 0.652. The maximum Gasteiger partial charge on any atom is 0.239 e. The summed E-state index contributed by atoms with van der Waals surface area (Å²) in [7, 11) is 0. The molecule has 1 aromatic rings. The number of amides is 2. The molecule has 2 atom stereocenters. The molecule has 1 aliphatic carbocycles. The number of halogens is 2. The summed E-state index contributed by atoms with van der Waals surface area (Å²) >= 11 is 12.1. The van der Waals surface area contributed by atoms with Crippen LogP contribution in [0.2, 0.25) is 10.0 Å². The summed E-state index contributed by atoms with van der Waals surface area (Å²) in [4.78, 5) is 29.9. The molecule has 1 saturated carbocycles. The van der Waals surface area contributed by atoms with E-state index in [1.165, 1.54) is 19.3 Å². The number of nitrogens with zero attached hydrogens (tertiary/aromatic N) is 2. The molecule has 166 valence electrons. The molecule has 1 aromatic carbocycles. The van der Waals surface area contributed by atoms with E-state index in [2.05, 4.69) is 4.90 Å². The fourth-order valence-electron chi connectivity index (χ4n) is 4.73. The molecule has 30 heavy (non-hydrogen) atoms. The van der Waals surface area contributed by atoms with Gasteiger partial charge in [0.05, 0.1) is 22.1 Å². The van der Waals surface area contributed by atoms with Crippen LogP contribution in [0.4, 0.5) is 0 Å². The van der Waals surface area contributed by atoms with E-state index < -0.39 is 6.04 Å². The van der Waals surface area contributed by atoms with Gasteiger partial charge in [-0.3, -0.25) is 9.59 Å². The highest BCUT2D eigenvalue weighted by Crippen LogP contribution is 2.29. The molecule has 7 heteroatoms. The van der Waals surface area contributed by atoms with Crippen LogP contribution in [0, 0.1) is 5.92 Å². The van der Waals surface area contributed by atoms with E-state index in [0.29, 0.717) is 35.6 Å². The van der Waals surface area contributed by atoms with Crippen molar-refractivity contribution in [3.8, 4) is 0 Å². The van der Waals surface area contributed by atoms with E-state index in [1.807, 2.05) is 24.8 Å². The first-order valence-electron chi connectivity index (χ1n) is 11.1. The van der Waals surface area contributed by atoms with E-state index in [0.717, 1.165) is 24.8 Å². The predicted octanol–water partition coefficient (Wildman–Crippen LogP) is 4.28. The molecule has 1 aliphatic heterocycles. The van der Waals surface area contributed by atoms with Crippen LogP contribution in [0.5, 0.6) is 0 Å². The zero-order valence-electron chi connectivity index (χ0n) is 17.9. The Morgan fingerprint density at radius 3 is 2.43 bits per heavy atom. The zero-order valence-corrected chi connectivity index (χ0v) is 19.5. The first-order valence-corrected chi connectivity index (χ1v) is 11.8. The topological polar surface area (TPSA) is 66.6 Å². The minimum absolute atomic E-state index is 0.0337. The predicted molar refractivity (Wildman–Crippen MR) is 122 cm³/mol. The zero-order chi connectivity index (χ0) is 21.8. The fourth-order valence-corrected chi connectivity index (χ4v) is 5.05. The van der Waals surface area contributed by atoms with Gasteiger partial charge in [0, 0.05) is 25.0 Å². The Kier molecular flexibility index (Phi) is 8.05. The van der Waals surface area contributed by atoms with Crippen LogP contribution >= 0.6 is 23.2 Å². The maximum absolute atomic E-state index is 13.0. The second kappa shape index (κ2) is 10.3. The highest BCUT2D eigenvalue weighted by molar-refractivity contribution is 6.42. The highest BCUT2D eigenvalue weighted by Gasteiger charge is 2.38. The Hall–Kier alpha value is -1.30. The number of rotatable bonds is 6. The molecule has 2 N–H and O–H groups in total. The van der Waals surface area contributed by atoms with Crippen LogP contribution in [0.3, 0.4) is 0 Å². The van der Waals surface area contributed by atoms with Gasteiger partial charge >= 0.3 is 0 Å². The lowest BCUT2D eigenvalue weighted by atomic mass is 9.92. The summed E-state index contributed by atoms with van der Waals surface area (Å²) in [6.45, 7) is 5.14. The molecule has 1 saturated heterocycles. The summed E-state index contributed by atoms with van der Waals surface area (Å²) in [5.41, 5.74) is 7.13. The monoisotopic (exact) mass is 453 g/mol. The van der Waals surface area contributed by atoms with Crippen molar-refractivity contribution in [2.24, 2.45) is 11.7 Å². The number of nitrogens with two attached hydrogens (primary N) is 1. The third-order valence-electron chi connectivity index (χ3n) is 6.34. The summed E-state index contributed by atoms with van der Waals surface area (Å²) in [5.74, 6) is 0.110. The number of hydrogen-bond donors (Lipinski definition) is 1. The van der Waals surface area contributed by atoms with E-state index in [9.17, 15) is 9.59 Å². The summed E-state index contributed by atoms with van der Waals surface area (Å²) in [6.07, 6.45) is 6.97. The van der Waals surface area contributed by atoms with E-state index in [-0.39, 0.29) is 23.8 Å². The van der Waals surface area contributed by atoms with Gasteiger partial charge in [-0.25, -0.2) is 0 Å². The quantitative estimate of drug-likeness (QED) is 0.698. The highest BCUT2D eigenvalue weighted by atomic mass is 35.5. The SMILES string of the molecule is CC(C)C(=O)N(C1CCCCC1)C1CCN(C(=O)C(N)Cc2ccc(Cl)c(Cl)c2)C1. The lowest BCUT2D eigenvalue weighted by Crippen LogP contribution is -2.51. The number of hydrogen-bond acceptors (Lipinski definition) is 3. The second-order valence-corrected chi connectivity index (χ2v) is 9.79. The largest absolute Gasteiger partial charge is 0.339 e. The van der Waals surface area contributed by atoms with Gasteiger partial charge in [-0.15, -0.1) is 0 Å². The number of carbonyl (C=O) groups is 2.